The molecule has 2 unspecified atom stereocenters. The zero-order chi connectivity index (χ0) is 14.2. The summed E-state index contributed by atoms with van der Waals surface area (Å²) in [4.78, 5) is 9.61. The summed E-state index contributed by atoms with van der Waals surface area (Å²) >= 11 is 1.76. The zero-order valence-corrected chi connectivity index (χ0v) is 13.7. The van der Waals surface area contributed by atoms with E-state index in [-0.39, 0.29) is 0 Å². The summed E-state index contributed by atoms with van der Waals surface area (Å²) < 4.78 is 0. The summed E-state index contributed by atoms with van der Waals surface area (Å²) in [7, 11) is 0. The van der Waals surface area contributed by atoms with Gasteiger partial charge in [-0.15, -0.1) is 11.3 Å². The number of thiazole rings is 1. The zero-order valence-electron chi connectivity index (χ0n) is 12.9. The maximum absolute atomic E-state index is 4.43. The number of nitrogens with zero attached hydrogens (tertiary/aromatic N) is 3. The Morgan fingerprint density at radius 1 is 1.19 bits per heavy atom. The molecule has 1 saturated carbocycles. The van der Waals surface area contributed by atoms with Gasteiger partial charge in [0.05, 0.1) is 0 Å². The molecular weight excluding hydrogens is 280 g/mol. The second-order valence-corrected chi connectivity index (χ2v) is 7.83. The number of hydrogen-bond donors (Lipinski definition) is 1. The van der Waals surface area contributed by atoms with Crippen LogP contribution in [0.4, 0.5) is 5.13 Å². The second kappa shape index (κ2) is 5.86. The van der Waals surface area contributed by atoms with Crippen LogP contribution >= 0.6 is 11.3 Å². The van der Waals surface area contributed by atoms with Crippen LogP contribution in [-0.4, -0.2) is 53.7 Å². The van der Waals surface area contributed by atoms with Crippen molar-refractivity contribution in [1.82, 2.24) is 15.2 Å². The van der Waals surface area contributed by atoms with Gasteiger partial charge in [-0.3, -0.25) is 4.90 Å². The third-order valence-corrected chi connectivity index (χ3v) is 6.13. The van der Waals surface area contributed by atoms with E-state index in [2.05, 4.69) is 32.4 Å². The highest BCUT2D eigenvalue weighted by Gasteiger charge is 2.39. The van der Waals surface area contributed by atoms with Gasteiger partial charge in [0.2, 0.25) is 0 Å². The SMILES string of the molecule is CC1CC(NC2CCN(c3nccs3)CC2)CN1C1CC1. The summed E-state index contributed by atoms with van der Waals surface area (Å²) in [6.45, 7) is 5.99. The van der Waals surface area contributed by atoms with Crippen LogP contribution in [0.5, 0.6) is 0 Å². The first-order valence-electron chi connectivity index (χ1n) is 8.46. The average molecular weight is 306 g/mol. The quantitative estimate of drug-likeness (QED) is 0.925. The highest BCUT2D eigenvalue weighted by molar-refractivity contribution is 7.13. The highest BCUT2D eigenvalue weighted by Crippen LogP contribution is 2.33. The topological polar surface area (TPSA) is 31.4 Å². The number of nitrogens with one attached hydrogen (secondary N) is 1. The molecule has 1 aromatic rings. The van der Waals surface area contributed by atoms with Crippen LogP contribution in [0.25, 0.3) is 0 Å². The number of aromatic nitrogens is 1. The van der Waals surface area contributed by atoms with E-state index in [1.807, 2.05) is 6.20 Å². The Hall–Kier alpha value is -0.650. The molecular formula is C16H26N4S. The predicted octanol–water partition coefficient (Wildman–Crippen LogP) is 2.33. The minimum absolute atomic E-state index is 0.706. The first kappa shape index (κ1) is 14.0. The monoisotopic (exact) mass is 306 g/mol. The van der Waals surface area contributed by atoms with Crippen molar-refractivity contribution in [3.63, 3.8) is 0 Å². The molecule has 4 rings (SSSR count). The molecule has 3 heterocycles. The van der Waals surface area contributed by atoms with Gasteiger partial charge < -0.3 is 10.2 Å². The fourth-order valence-electron chi connectivity index (χ4n) is 4.03. The van der Waals surface area contributed by atoms with Gasteiger partial charge in [0, 0.05) is 55.4 Å². The van der Waals surface area contributed by atoms with E-state index in [1.165, 1.54) is 43.8 Å². The Balaban J connectivity index is 1.25. The molecule has 21 heavy (non-hydrogen) atoms. The lowest BCUT2D eigenvalue weighted by molar-refractivity contribution is 0.252. The smallest absolute Gasteiger partial charge is 0.185 e. The molecule has 3 aliphatic rings. The van der Waals surface area contributed by atoms with Gasteiger partial charge in [-0.2, -0.15) is 0 Å². The molecule has 2 aliphatic heterocycles. The van der Waals surface area contributed by atoms with E-state index in [1.54, 1.807) is 11.3 Å². The standard InChI is InChI=1S/C16H26N4S/c1-12-10-14(11-20(12)15-2-3-15)18-13-4-7-19(8-5-13)16-17-6-9-21-16/h6,9,12-15,18H,2-5,7-8,10-11H2,1H3. The molecule has 116 valence electrons. The number of hydrogen-bond acceptors (Lipinski definition) is 5. The third kappa shape index (κ3) is 3.10. The second-order valence-electron chi connectivity index (χ2n) is 6.95. The van der Waals surface area contributed by atoms with Crippen LogP contribution in [0.15, 0.2) is 11.6 Å². The van der Waals surface area contributed by atoms with Gasteiger partial charge in [-0.1, -0.05) is 0 Å². The Labute approximate surface area is 131 Å². The molecule has 0 spiro atoms. The summed E-state index contributed by atoms with van der Waals surface area (Å²) in [6.07, 6.45) is 8.63. The lowest BCUT2D eigenvalue weighted by Crippen LogP contribution is -2.47. The molecule has 1 aromatic heterocycles. The van der Waals surface area contributed by atoms with Crippen molar-refractivity contribution < 1.29 is 0 Å². The minimum atomic E-state index is 0.706. The number of anilines is 1. The van der Waals surface area contributed by atoms with Gasteiger partial charge in [0.1, 0.15) is 0 Å². The van der Waals surface area contributed by atoms with Crippen molar-refractivity contribution in [3.05, 3.63) is 11.6 Å². The molecule has 5 heteroatoms. The van der Waals surface area contributed by atoms with Crippen LogP contribution in [0.2, 0.25) is 0 Å². The van der Waals surface area contributed by atoms with Crippen molar-refractivity contribution in [1.29, 1.82) is 0 Å². The lowest BCUT2D eigenvalue weighted by Gasteiger charge is -2.33. The van der Waals surface area contributed by atoms with Crippen molar-refractivity contribution in [2.45, 2.75) is 63.2 Å². The van der Waals surface area contributed by atoms with Gasteiger partial charge >= 0.3 is 0 Å². The largest absolute Gasteiger partial charge is 0.348 e. The first-order valence-corrected chi connectivity index (χ1v) is 9.34. The van der Waals surface area contributed by atoms with Gasteiger partial charge in [0.15, 0.2) is 5.13 Å². The van der Waals surface area contributed by atoms with Crippen LogP contribution in [0, 0.1) is 0 Å². The summed E-state index contributed by atoms with van der Waals surface area (Å²) in [5.41, 5.74) is 0. The fourth-order valence-corrected chi connectivity index (χ4v) is 4.73. The minimum Gasteiger partial charge on any atom is -0.348 e. The van der Waals surface area contributed by atoms with E-state index in [0.29, 0.717) is 6.04 Å². The molecule has 4 nitrogen and oxygen atoms in total. The van der Waals surface area contributed by atoms with Crippen LogP contribution in [0.3, 0.4) is 0 Å². The third-order valence-electron chi connectivity index (χ3n) is 5.30. The van der Waals surface area contributed by atoms with E-state index < -0.39 is 0 Å². The average Bonchev–Trinajstić information content (AvgIpc) is 3.05. The first-order chi connectivity index (χ1) is 10.3. The van der Waals surface area contributed by atoms with E-state index in [9.17, 15) is 0 Å². The highest BCUT2D eigenvalue weighted by atomic mass is 32.1. The molecule has 3 fully saturated rings. The molecule has 1 aliphatic carbocycles. The number of likely N-dealkylation sites (tertiary alicyclic amines) is 1. The number of piperidine rings is 1. The Kier molecular flexibility index (Phi) is 3.90. The van der Waals surface area contributed by atoms with E-state index in [0.717, 1.165) is 31.2 Å². The molecule has 0 amide bonds. The number of rotatable bonds is 4. The normalized spacial score (nSPS) is 32.0. The fraction of sp³-hybridized carbons (Fsp3) is 0.812. The van der Waals surface area contributed by atoms with E-state index in [4.69, 9.17) is 0 Å². The van der Waals surface area contributed by atoms with Gasteiger partial charge in [-0.25, -0.2) is 4.98 Å². The Morgan fingerprint density at radius 3 is 2.67 bits per heavy atom. The van der Waals surface area contributed by atoms with Crippen LogP contribution in [0.1, 0.15) is 39.0 Å². The van der Waals surface area contributed by atoms with Crippen LogP contribution in [-0.2, 0) is 0 Å². The van der Waals surface area contributed by atoms with Crippen molar-refractivity contribution >= 4 is 16.5 Å². The van der Waals surface area contributed by atoms with Crippen molar-refractivity contribution in [3.8, 4) is 0 Å². The molecule has 1 N–H and O–H groups in total. The Morgan fingerprint density at radius 2 is 2.00 bits per heavy atom. The molecule has 2 atom stereocenters. The summed E-state index contributed by atoms with van der Waals surface area (Å²) in [5.74, 6) is 0. The lowest BCUT2D eigenvalue weighted by atomic mass is 10.0. The maximum atomic E-state index is 4.43. The molecule has 0 bridgehead atoms. The van der Waals surface area contributed by atoms with Crippen molar-refractivity contribution in [2.75, 3.05) is 24.5 Å². The molecule has 2 saturated heterocycles. The van der Waals surface area contributed by atoms with Crippen LogP contribution < -0.4 is 10.2 Å². The molecule has 0 aromatic carbocycles. The van der Waals surface area contributed by atoms with Crippen molar-refractivity contribution in [2.24, 2.45) is 0 Å². The molecule has 0 radical (unpaired) electrons. The summed E-state index contributed by atoms with van der Waals surface area (Å²) in [5, 5.41) is 7.21. The Bertz CT molecular complexity index is 451. The van der Waals surface area contributed by atoms with Gasteiger partial charge in [-0.05, 0) is 39.0 Å². The maximum Gasteiger partial charge on any atom is 0.185 e. The van der Waals surface area contributed by atoms with E-state index >= 15 is 0 Å². The van der Waals surface area contributed by atoms with Gasteiger partial charge in [0.25, 0.3) is 0 Å². The predicted molar refractivity (Wildman–Crippen MR) is 88.1 cm³/mol. The summed E-state index contributed by atoms with van der Waals surface area (Å²) in [6, 6.07) is 3.12.